The lowest BCUT2D eigenvalue weighted by atomic mass is 9.96. The molecule has 1 N–H and O–H groups in total. The molecular weight excluding hydrogens is 236 g/mol. The summed E-state index contributed by atoms with van der Waals surface area (Å²) in [6, 6.07) is 2.92. The molecule has 1 aliphatic heterocycles. The van der Waals surface area contributed by atoms with E-state index in [2.05, 4.69) is 10.2 Å². The molecule has 0 spiro atoms. The molecule has 1 saturated heterocycles. The van der Waals surface area contributed by atoms with Crippen molar-refractivity contribution >= 4 is 0 Å². The van der Waals surface area contributed by atoms with Gasteiger partial charge in [0.05, 0.1) is 12.5 Å². The van der Waals surface area contributed by atoms with E-state index in [4.69, 9.17) is 4.42 Å². The van der Waals surface area contributed by atoms with Gasteiger partial charge in [-0.3, -0.25) is 4.90 Å². The fourth-order valence-corrected chi connectivity index (χ4v) is 3.85. The summed E-state index contributed by atoms with van der Waals surface area (Å²) < 4.78 is 5.08. The molecule has 2 heterocycles. The van der Waals surface area contributed by atoms with E-state index in [1.54, 1.807) is 6.26 Å². The van der Waals surface area contributed by atoms with E-state index in [1.807, 2.05) is 12.3 Å². The molecule has 0 aromatic carbocycles. The van der Waals surface area contributed by atoms with Gasteiger partial charge in [-0.1, -0.05) is 12.8 Å². The van der Waals surface area contributed by atoms with Crippen molar-refractivity contribution in [2.45, 2.75) is 51.1 Å². The monoisotopic (exact) mass is 262 g/mol. The van der Waals surface area contributed by atoms with E-state index >= 15 is 0 Å². The van der Waals surface area contributed by atoms with Crippen LogP contribution >= 0.6 is 0 Å². The lowest BCUT2D eigenvalue weighted by Crippen LogP contribution is -2.39. The summed E-state index contributed by atoms with van der Waals surface area (Å²) in [6.07, 6.45) is 12.3. The third kappa shape index (κ3) is 3.40. The maximum absolute atomic E-state index is 5.08. The van der Waals surface area contributed by atoms with Crippen LogP contribution in [0.2, 0.25) is 0 Å². The second kappa shape index (κ2) is 6.58. The standard InChI is InChI=1S/C16H26N2O/c1-2-5-15(4-1)16-6-3-9-18(16)10-8-17-12-14-7-11-19-13-14/h7,11,13,15-17H,1-6,8-10,12H2. The van der Waals surface area contributed by atoms with Gasteiger partial charge in [-0.25, -0.2) is 0 Å². The zero-order valence-electron chi connectivity index (χ0n) is 11.8. The van der Waals surface area contributed by atoms with Crippen molar-refractivity contribution in [3.63, 3.8) is 0 Å². The van der Waals surface area contributed by atoms with Crippen LogP contribution in [0.5, 0.6) is 0 Å². The van der Waals surface area contributed by atoms with Gasteiger partial charge in [0, 0.05) is 31.2 Å². The fourth-order valence-electron chi connectivity index (χ4n) is 3.85. The second-order valence-electron chi connectivity index (χ2n) is 6.10. The Kier molecular flexibility index (Phi) is 4.57. The van der Waals surface area contributed by atoms with Crippen LogP contribution in [0.25, 0.3) is 0 Å². The van der Waals surface area contributed by atoms with E-state index in [9.17, 15) is 0 Å². The van der Waals surface area contributed by atoms with E-state index < -0.39 is 0 Å². The molecule has 1 saturated carbocycles. The van der Waals surface area contributed by atoms with Crippen LogP contribution < -0.4 is 5.32 Å². The van der Waals surface area contributed by atoms with E-state index in [1.165, 1.54) is 57.2 Å². The Labute approximate surface area is 116 Å². The average Bonchev–Trinajstić information content (AvgIpc) is 3.15. The molecule has 1 aliphatic carbocycles. The van der Waals surface area contributed by atoms with Gasteiger partial charge in [0.2, 0.25) is 0 Å². The zero-order chi connectivity index (χ0) is 12.9. The van der Waals surface area contributed by atoms with Crippen molar-refractivity contribution in [1.29, 1.82) is 0 Å². The van der Waals surface area contributed by atoms with Gasteiger partial charge in [0.1, 0.15) is 0 Å². The minimum atomic E-state index is 0.887. The SMILES string of the molecule is c1cc(CNCCN2CCCC2C2CCCC2)co1. The highest BCUT2D eigenvalue weighted by molar-refractivity contribution is 5.04. The van der Waals surface area contributed by atoms with Crippen LogP contribution in [-0.2, 0) is 6.54 Å². The summed E-state index contributed by atoms with van der Waals surface area (Å²) in [5, 5.41) is 3.52. The number of rotatable bonds is 6. The normalized spacial score (nSPS) is 25.4. The summed E-state index contributed by atoms with van der Waals surface area (Å²) >= 11 is 0. The average molecular weight is 262 g/mol. The van der Waals surface area contributed by atoms with Crippen molar-refractivity contribution in [3.8, 4) is 0 Å². The van der Waals surface area contributed by atoms with Gasteiger partial charge in [-0.15, -0.1) is 0 Å². The van der Waals surface area contributed by atoms with E-state index in [0.717, 1.165) is 25.0 Å². The summed E-state index contributed by atoms with van der Waals surface area (Å²) in [4.78, 5) is 2.73. The van der Waals surface area contributed by atoms with Gasteiger partial charge < -0.3 is 9.73 Å². The minimum absolute atomic E-state index is 0.887. The Hall–Kier alpha value is -0.800. The minimum Gasteiger partial charge on any atom is -0.472 e. The Bertz CT molecular complexity index is 357. The molecule has 1 aromatic rings. The van der Waals surface area contributed by atoms with Crippen LogP contribution in [0.15, 0.2) is 23.0 Å². The topological polar surface area (TPSA) is 28.4 Å². The maximum Gasteiger partial charge on any atom is 0.0947 e. The second-order valence-corrected chi connectivity index (χ2v) is 6.10. The summed E-state index contributed by atoms with van der Waals surface area (Å²) in [6.45, 7) is 4.54. The number of likely N-dealkylation sites (tertiary alicyclic amines) is 1. The molecular formula is C16H26N2O. The molecule has 3 heteroatoms. The predicted molar refractivity (Wildman–Crippen MR) is 77.0 cm³/mol. The van der Waals surface area contributed by atoms with E-state index in [-0.39, 0.29) is 0 Å². The molecule has 1 aromatic heterocycles. The summed E-state index contributed by atoms with van der Waals surface area (Å²) in [5.41, 5.74) is 1.24. The number of furan rings is 1. The van der Waals surface area contributed by atoms with Crippen molar-refractivity contribution < 1.29 is 4.42 Å². The van der Waals surface area contributed by atoms with Crippen molar-refractivity contribution in [1.82, 2.24) is 10.2 Å². The van der Waals surface area contributed by atoms with Gasteiger partial charge >= 0.3 is 0 Å². The van der Waals surface area contributed by atoms with Gasteiger partial charge in [0.25, 0.3) is 0 Å². The molecule has 0 bridgehead atoms. The smallest absolute Gasteiger partial charge is 0.0947 e. The zero-order valence-corrected chi connectivity index (χ0v) is 11.8. The van der Waals surface area contributed by atoms with Gasteiger partial charge in [-0.2, -0.15) is 0 Å². The Morgan fingerprint density at radius 3 is 2.89 bits per heavy atom. The Morgan fingerprint density at radius 1 is 1.21 bits per heavy atom. The Balaban J connectivity index is 1.39. The number of hydrogen-bond donors (Lipinski definition) is 1. The molecule has 2 fully saturated rings. The maximum atomic E-state index is 5.08. The van der Waals surface area contributed by atoms with Crippen LogP contribution in [-0.4, -0.2) is 30.6 Å². The summed E-state index contributed by atoms with van der Waals surface area (Å²) in [5.74, 6) is 0.997. The highest BCUT2D eigenvalue weighted by Gasteiger charge is 2.32. The lowest BCUT2D eigenvalue weighted by molar-refractivity contribution is 0.191. The number of hydrogen-bond acceptors (Lipinski definition) is 3. The number of nitrogens with zero attached hydrogens (tertiary/aromatic N) is 1. The Morgan fingerprint density at radius 2 is 2.11 bits per heavy atom. The molecule has 19 heavy (non-hydrogen) atoms. The molecule has 2 aliphatic rings. The third-order valence-electron chi connectivity index (χ3n) is 4.84. The lowest BCUT2D eigenvalue weighted by Gasteiger charge is -2.29. The highest BCUT2D eigenvalue weighted by atomic mass is 16.3. The first-order chi connectivity index (χ1) is 9.43. The first kappa shape index (κ1) is 13.2. The molecule has 3 nitrogen and oxygen atoms in total. The van der Waals surface area contributed by atoms with Gasteiger partial charge in [-0.05, 0) is 44.2 Å². The molecule has 0 radical (unpaired) electrons. The molecule has 1 atom stereocenters. The van der Waals surface area contributed by atoms with Crippen molar-refractivity contribution in [3.05, 3.63) is 24.2 Å². The predicted octanol–water partition coefficient (Wildman–Crippen LogP) is 3.02. The van der Waals surface area contributed by atoms with Crippen LogP contribution in [0.1, 0.15) is 44.1 Å². The van der Waals surface area contributed by atoms with Crippen LogP contribution in [0.4, 0.5) is 0 Å². The molecule has 0 amide bonds. The highest BCUT2D eigenvalue weighted by Crippen LogP contribution is 2.35. The summed E-state index contributed by atoms with van der Waals surface area (Å²) in [7, 11) is 0. The number of nitrogens with one attached hydrogen (secondary N) is 1. The van der Waals surface area contributed by atoms with Gasteiger partial charge in [0.15, 0.2) is 0 Å². The first-order valence-electron chi connectivity index (χ1n) is 7.89. The van der Waals surface area contributed by atoms with Crippen molar-refractivity contribution in [2.24, 2.45) is 5.92 Å². The quantitative estimate of drug-likeness (QED) is 0.799. The largest absolute Gasteiger partial charge is 0.472 e. The van der Waals surface area contributed by atoms with Crippen LogP contribution in [0, 0.1) is 5.92 Å². The van der Waals surface area contributed by atoms with E-state index in [0.29, 0.717) is 0 Å². The molecule has 3 rings (SSSR count). The van der Waals surface area contributed by atoms with Crippen LogP contribution in [0.3, 0.4) is 0 Å². The molecule has 106 valence electrons. The fraction of sp³-hybridized carbons (Fsp3) is 0.750. The molecule has 1 unspecified atom stereocenters. The van der Waals surface area contributed by atoms with Crippen molar-refractivity contribution in [2.75, 3.05) is 19.6 Å². The third-order valence-corrected chi connectivity index (χ3v) is 4.84. The first-order valence-corrected chi connectivity index (χ1v) is 7.89.